The molecule has 3 rings (SSSR count). The van der Waals surface area contributed by atoms with Crippen molar-refractivity contribution in [2.75, 3.05) is 13.7 Å². The number of hydrogen-bond acceptors (Lipinski definition) is 5. The fourth-order valence-electron chi connectivity index (χ4n) is 2.86. The number of thiol groups is 1. The Balaban J connectivity index is 0.000000206. The number of esters is 1. The van der Waals surface area contributed by atoms with Gasteiger partial charge in [-0.2, -0.15) is 0 Å². The van der Waals surface area contributed by atoms with Gasteiger partial charge in [-0.05, 0) is 56.5 Å². The van der Waals surface area contributed by atoms with Crippen LogP contribution in [0, 0.1) is 0 Å². The van der Waals surface area contributed by atoms with E-state index >= 15 is 0 Å². The summed E-state index contributed by atoms with van der Waals surface area (Å²) in [5.74, 6) is -0.372. The molecule has 0 aliphatic carbocycles. The van der Waals surface area contributed by atoms with Gasteiger partial charge < -0.3 is 9.47 Å². The first-order valence-corrected chi connectivity index (χ1v) is 9.41. The van der Waals surface area contributed by atoms with Crippen LogP contribution < -0.4 is 0 Å². The molecule has 1 aliphatic rings. The molecule has 0 N–H and O–H groups in total. The molecule has 0 spiro atoms. The van der Waals surface area contributed by atoms with E-state index in [1.165, 1.54) is 22.8 Å². The second-order valence-corrected chi connectivity index (χ2v) is 7.90. The lowest BCUT2D eigenvalue weighted by Crippen LogP contribution is -2.43. The van der Waals surface area contributed by atoms with Gasteiger partial charge in [-0.15, -0.1) is 12.6 Å². The van der Waals surface area contributed by atoms with Gasteiger partial charge >= 0.3 is 12.1 Å². The number of hydrogen-bond donors (Lipinski definition) is 1. The minimum atomic E-state index is -0.541. The Morgan fingerprint density at radius 1 is 1.11 bits per heavy atom. The van der Waals surface area contributed by atoms with Crippen molar-refractivity contribution in [2.45, 2.75) is 50.2 Å². The van der Waals surface area contributed by atoms with Gasteiger partial charge in [-0.25, -0.2) is 9.59 Å². The molecule has 1 heterocycles. The van der Waals surface area contributed by atoms with Crippen molar-refractivity contribution in [1.29, 1.82) is 0 Å². The van der Waals surface area contributed by atoms with Crippen LogP contribution in [0.1, 0.15) is 33.6 Å². The van der Waals surface area contributed by atoms with Gasteiger partial charge in [0.15, 0.2) is 0 Å². The zero-order valence-corrected chi connectivity index (χ0v) is 17.2. The van der Waals surface area contributed by atoms with Crippen LogP contribution in [0.25, 0.3) is 10.8 Å². The maximum absolute atomic E-state index is 11.8. The third-order valence-corrected chi connectivity index (χ3v) is 4.37. The standard InChI is InChI=1S/C11H19NO4.C10H8S/c1-11(2,3)16-10(14)12-7-5-6-8(12)9(13)15-4;11-10-6-5-8-3-1-2-4-9(8)7-10/h8H,5-7H2,1-4H3;1-7,11H. The highest BCUT2D eigenvalue weighted by Crippen LogP contribution is 2.21. The molecule has 1 unspecified atom stereocenters. The minimum Gasteiger partial charge on any atom is -0.467 e. The summed E-state index contributed by atoms with van der Waals surface area (Å²) in [5.41, 5.74) is -0.541. The van der Waals surface area contributed by atoms with Crippen molar-refractivity contribution in [2.24, 2.45) is 0 Å². The van der Waals surface area contributed by atoms with Gasteiger partial charge in [0.1, 0.15) is 11.6 Å². The quantitative estimate of drug-likeness (QED) is 0.568. The maximum atomic E-state index is 11.8. The smallest absolute Gasteiger partial charge is 0.411 e. The molecular weight excluding hydrogens is 362 g/mol. The zero-order valence-electron chi connectivity index (χ0n) is 16.3. The third-order valence-electron chi connectivity index (χ3n) is 4.09. The van der Waals surface area contributed by atoms with E-state index in [0.29, 0.717) is 13.0 Å². The Morgan fingerprint density at radius 2 is 1.78 bits per heavy atom. The van der Waals surface area contributed by atoms with E-state index in [2.05, 4.69) is 41.6 Å². The van der Waals surface area contributed by atoms with Crippen LogP contribution in [-0.2, 0) is 14.3 Å². The molecule has 0 saturated carbocycles. The predicted molar refractivity (Wildman–Crippen MR) is 109 cm³/mol. The zero-order chi connectivity index (χ0) is 20.0. The number of rotatable bonds is 1. The van der Waals surface area contributed by atoms with Crippen LogP contribution in [0.15, 0.2) is 47.4 Å². The molecule has 1 fully saturated rings. The fraction of sp³-hybridized carbons (Fsp3) is 0.429. The van der Waals surface area contributed by atoms with Crippen molar-refractivity contribution in [1.82, 2.24) is 4.90 Å². The Kier molecular flexibility index (Phi) is 7.13. The number of ether oxygens (including phenoxy) is 2. The van der Waals surface area contributed by atoms with E-state index in [4.69, 9.17) is 4.74 Å². The molecule has 5 nitrogen and oxygen atoms in total. The first kappa shape index (κ1) is 21.1. The lowest BCUT2D eigenvalue weighted by Gasteiger charge is -2.27. The molecule has 6 heteroatoms. The van der Waals surface area contributed by atoms with E-state index < -0.39 is 17.7 Å². The number of fused-ring (bicyclic) bond motifs is 1. The van der Waals surface area contributed by atoms with E-state index in [9.17, 15) is 9.59 Å². The Bertz CT molecular complexity index is 800. The lowest BCUT2D eigenvalue weighted by atomic mass is 10.1. The van der Waals surface area contributed by atoms with Crippen LogP contribution in [0.5, 0.6) is 0 Å². The highest BCUT2D eigenvalue weighted by Gasteiger charge is 2.37. The molecule has 1 amide bonds. The summed E-state index contributed by atoms with van der Waals surface area (Å²) in [7, 11) is 1.33. The molecule has 27 heavy (non-hydrogen) atoms. The molecule has 2 aromatic rings. The van der Waals surface area contributed by atoms with Gasteiger partial charge in [-0.3, -0.25) is 4.90 Å². The van der Waals surface area contributed by atoms with E-state index in [1.54, 1.807) is 20.8 Å². The number of benzene rings is 2. The number of likely N-dealkylation sites (tertiary alicyclic amines) is 1. The van der Waals surface area contributed by atoms with Gasteiger partial charge in [0, 0.05) is 11.4 Å². The number of carbonyl (C=O) groups excluding carboxylic acids is 2. The Hall–Kier alpha value is -2.21. The first-order valence-electron chi connectivity index (χ1n) is 8.96. The Morgan fingerprint density at radius 3 is 2.41 bits per heavy atom. The highest BCUT2D eigenvalue weighted by molar-refractivity contribution is 7.80. The van der Waals surface area contributed by atoms with Gasteiger partial charge in [0.05, 0.1) is 7.11 Å². The van der Waals surface area contributed by atoms with Gasteiger partial charge in [0.25, 0.3) is 0 Å². The third kappa shape index (κ3) is 6.17. The van der Waals surface area contributed by atoms with Crippen molar-refractivity contribution < 1.29 is 19.1 Å². The van der Waals surface area contributed by atoms with Gasteiger partial charge in [-0.1, -0.05) is 30.3 Å². The van der Waals surface area contributed by atoms with Crippen LogP contribution in [-0.4, -0.2) is 42.3 Å². The van der Waals surface area contributed by atoms with Crippen molar-refractivity contribution in [3.63, 3.8) is 0 Å². The summed E-state index contributed by atoms with van der Waals surface area (Å²) in [6.45, 7) is 5.95. The summed E-state index contributed by atoms with van der Waals surface area (Å²) in [4.78, 5) is 25.7. The summed E-state index contributed by atoms with van der Waals surface area (Å²) in [6, 6.07) is 13.9. The topological polar surface area (TPSA) is 55.8 Å². The van der Waals surface area contributed by atoms with Crippen molar-refractivity contribution >= 4 is 35.5 Å². The fourth-order valence-corrected chi connectivity index (χ4v) is 3.08. The summed E-state index contributed by atoms with van der Waals surface area (Å²) in [6.07, 6.45) is 1.01. The minimum absolute atomic E-state index is 0.372. The second-order valence-electron chi connectivity index (χ2n) is 7.39. The van der Waals surface area contributed by atoms with Crippen LogP contribution in [0.4, 0.5) is 4.79 Å². The van der Waals surface area contributed by atoms with Crippen LogP contribution in [0.2, 0.25) is 0 Å². The number of carbonyl (C=O) groups is 2. The molecule has 2 aromatic carbocycles. The SMILES string of the molecule is COC(=O)C1CCCN1C(=O)OC(C)(C)C.Sc1ccc2ccccc2c1. The number of amides is 1. The maximum Gasteiger partial charge on any atom is 0.411 e. The van der Waals surface area contributed by atoms with E-state index in [0.717, 1.165) is 11.3 Å². The molecule has 0 aromatic heterocycles. The molecule has 1 atom stereocenters. The monoisotopic (exact) mass is 389 g/mol. The number of nitrogens with zero attached hydrogens (tertiary/aromatic N) is 1. The largest absolute Gasteiger partial charge is 0.467 e. The first-order chi connectivity index (χ1) is 12.7. The molecular formula is C21H27NO4S. The number of methoxy groups -OCH3 is 1. The van der Waals surface area contributed by atoms with Crippen molar-refractivity contribution in [3.8, 4) is 0 Å². The molecule has 146 valence electrons. The molecule has 1 saturated heterocycles. The normalized spacial score (nSPS) is 16.5. The van der Waals surface area contributed by atoms with Crippen LogP contribution >= 0.6 is 12.6 Å². The van der Waals surface area contributed by atoms with Crippen LogP contribution in [0.3, 0.4) is 0 Å². The van der Waals surface area contributed by atoms with Crippen molar-refractivity contribution in [3.05, 3.63) is 42.5 Å². The highest BCUT2D eigenvalue weighted by atomic mass is 32.1. The molecule has 0 radical (unpaired) electrons. The Labute approximate surface area is 166 Å². The summed E-state index contributed by atoms with van der Waals surface area (Å²) < 4.78 is 9.88. The predicted octanol–water partition coefficient (Wildman–Crippen LogP) is 4.69. The second kappa shape index (κ2) is 9.13. The lowest BCUT2D eigenvalue weighted by molar-refractivity contribution is -0.145. The van der Waals surface area contributed by atoms with E-state index in [1.807, 2.05) is 18.2 Å². The summed E-state index contributed by atoms with van der Waals surface area (Å²) in [5, 5.41) is 2.52. The average molecular weight is 390 g/mol. The molecule has 0 bridgehead atoms. The van der Waals surface area contributed by atoms with E-state index in [-0.39, 0.29) is 5.97 Å². The van der Waals surface area contributed by atoms with Gasteiger partial charge in [0.2, 0.25) is 0 Å². The summed E-state index contributed by atoms with van der Waals surface area (Å²) >= 11 is 4.26. The average Bonchev–Trinajstić information content (AvgIpc) is 3.10. The molecule has 1 aliphatic heterocycles.